The zero-order valence-electron chi connectivity index (χ0n) is 12.1. The van der Waals surface area contributed by atoms with Crippen LogP contribution in [0.5, 0.6) is 0 Å². The fraction of sp³-hybridized carbons (Fsp3) is 0.571. The Bertz CT molecular complexity index is 561. The van der Waals surface area contributed by atoms with Crippen LogP contribution in [-0.4, -0.2) is 31.2 Å². The predicted molar refractivity (Wildman–Crippen MR) is 79.2 cm³/mol. The standard InChI is InChI=1S/C14H22N2O3S/c1-10(17)14(2,3)15-11-6-8-13(9-7-11)20(18,19)16-12-4-5-12/h6-10,12,15-17H,4-5H2,1-3H3. The second-order valence-electron chi connectivity index (χ2n) is 5.94. The molecule has 20 heavy (non-hydrogen) atoms. The van der Waals surface area contributed by atoms with Crippen LogP contribution in [0.25, 0.3) is 0 Å². The van der Waals surface area contributed by atoms with Crippen molar-refractivity contribution in [2.45, 2.75) is 56.2 Å². The lowest BCUT2D eigenvalue weighted by Gasteiger charge is -2.30. The smallest absolute Gasteiger partial charge is 0.240 e. The van der Waals surface area contributed by atoms with Crippen molar-refractivity contribution >= 4 is 15.7 Å². The molecule has 1 fully saturated rings. The molecular formula is C14H22N2O3S. The molecule has 0 spiro atoms. The van der Waals surface area contributed by atoms with E-state index in [0.717, 1.165) is 18.5 Å². The maximum absolute atomic E-state index is 12.0. The molecule has 1 aliphatic rings. The molecule has 0 saturated heterocycles. The van der Waals surface area contributed by atoms with Crippen molar-refractivity contribution < 1.29 is 13.5 Å². The van der Waals surface area contributed by atoms with Gasteiger partial charge in [-0.25, -0.2) is 13.1 Å². The minimum absolute atomic E-state index is 0.104. The predicted octanol–water partition coefficient (Wildman–Crippen LogP) is 1.70. The Balaban J connectivity index is 2.10. The van der Waals surface area contributed by atoms with E-state index < -0.39 is 21.7 Å². The van der Waals surface area contributed by atoms with Crippen LogP contribution < -0.4 is 10.0 Å². The largest absolute Gasteiger partial charge is 0.391 e. The first-order chi connectivity index (χ1) is 9.21. The Hall–Kier alpha value is -1.11. The fourth-order valence-electron chi connectivity index (χ4n) is 1.68. The summed E-state index contributed by atoms with van der Waals surface area (Å²) >= 11 is 0. The monoisotopic (exact) mass is 298 g/mol. The van der Waals surface area contributed by atoms with Crippen molar-refractivity contribution in [1.29, 1.82) is 0 Å². The first kappa shape index (κ1) is 15.3. The van der Waals surface area contributed by atoms with Gasteiger partial charge in [-0.15, -0.1) is 0 Å². The van der Waals surface area contributed by atoms with E-state index in [2.05, 4.69) is 10.0 Å². The van der Waals surface area contributed by atoms with E-state index >= 15 is 0 Å². The van der Waals surface area contributed by atoms with Crippen LogP contribution in [0.2, 0.25) is 0 Å². The van der Waals surface area contributed by atoms with Crippen LogP contribution in [0, 0.1) is 0 Å². The van der Waals surface area contributed by atoms with E-state index in [1.807, 2.05) is 13.8 Å². The third kappa shape index (κ3) is 3.71. The molecule has 112 valence electrons. The summed E-state index contributed by atoms with van der Waals surface area (Å²) in [5, 5.41) is 12.8. The number of sulfonamides is 1. The van der Waals surface area contributed by atoms with Gasteiger partial charge in [0.15, 0.2) is 0 Å². The van der Waals surface area contributed by atoms with Crippen LogP contribution in [0.4, 0.5) is 5.69 Å². The molecule has 0 heterocycles. The second-order valence-corrected chi connectivity index (χ2v) is 7.66. The molecule has 3 N–H and O–H groups in total. The number of hydrogen-bond acceptors (Lipinski definition) is 4. The number of rotatable bonds is 6. The minimum atomic E-state index is -3.40. The maximum Gasteiger partial charge on any atom is 0.240 e. The maximum atomic E-state index is 12.0. The zero-order valence-corrected chi connectivity index (χ0v) is 12.9. The van der Waals surface area contributed by atoms with Crippen molar-refractivity contribution in [2.75, 3.05) is 5.32 Å². The highest BCUT2D eigenvalue weighted by molar-refractivity contribution is 7.89. The summed E-state index contributed by atoms with van der Waals surface area (Å²) in [5.41, 5.74) is 0.299. The van der Waals surface area contributed by atoms with Crippen LogP contribution in [0.15, 0.2) is 29.2 Å². The highest BCUT2D eigenvalue weighted by Gasteiger charge is 2.28. The lowest BCUT2D eigenvalue weighted by molar-refractivity contribution is 0.133. The van der Waals surface area contributed by atoms with Gasteiger partial charge >= 0.3 is 0 Å². The van der Waals surface area contributed by atoms with E-state index in [1.54, 1.807) is 31.2 Å². The van der Waals surface area contributed by atoms with E-state index in [-0.39, 0.29) is 10.9 Å². The van der Waals surface area contributed by atoms with Crippen molar-refractivity contribution in [2.24, 2.45) is 0 Å². The normalized spacial score (nSPS) is 17.8. The lowest BCUT2D eigenvalue weighted by atomic mass is 9.98. The van der Waals surface area contributed by atoms with Crippen molar-refractivity contribution in [3.63, 3.8) is 0 Å². The van der Waals surface area contributed by atoms with E-state index in [9.17, 15) is 13.5 Å². The summed E-state index contributed by atoms with van der Waals surface area (Å²) in [6, 6.07) is 6.68. The van der Waals surface area contributed by atoms with Gasteiger partial charge in [0.2, 0.25) is 10.0 Å². The summed E-state index contributed by atoms with van der Waals surface area (Å²) in [7, 11) is -3.40. The number of aliphatic hydroxyl groups excluding tert-OH is 1. The lowest BCUT2D eigenvalue weighted by Crippen LogP contribution is -2.41. The fourth-order valence-corrected chi connectivity index (χ4v) is 2.99. The number of hydrogen-bond donors (Lipinski definition) is 3. The molecule has 0 radical (unpaired) electrons. The van der Waals surface area contributed by atoms with Crippen molar-refractivity contribution in [3.05, 3.63) is 24.3 Å². The number of anilines is 1. The Morgan fingerprint density at radius 2 is 1.80 bits per heavy atom. The van der Waals surface area contributed by atoms with Gasteiger partial charge in [0, 0.05) is 11.7 Å². The minimum Gasteiger partial charge on any atom is -0.391 e. The van der Waals surface area contributed by atoms with Gasteiger partial charge in [0.25, 0.3) is 0 Å². The summed E-state index contributed by atoms with van der Waals surface area (Å²) in [4.78, 5) is 0.268. The van der Waals surface area contributed by atoms with E-state index in [0.29, 0.717) is 0 Å². The Morgan fingerprint density at radius 1 is 1.25 bits per heavy atom. The SMILES string of the molecule is CC(O)C(C)(C)Nc1ccc(S(=O)(=O)NC2CC2)cc1. The van der Waals surface area contributed by atoms with Crippen LogP contribution in [-0.2, 0) is 10.0 Å². The Morgan fingerprint density at radius 3 is 2.25 bits per heavy atom. The van der Waals surface area contributed by atoms with E-state index in [1.165, 1.54) is 0 Å². The summed E-state index contributed by atoms with van der Waals surface area (Å²) in [6.45, 7) is 5.49. The van der Waals surface area contributed by atoms with Gasteiger partial charge in [-0.1, -0.05) is 0 Å². The quantitative estimate of drug-likeness (QED) is 0.747. The van der Waals surface area contributed by atoms with Gasteiger partial charge in [-0.05, 0) is 57.9 Å². The number of benzene rings is 1. The molecule has 6 heteroatoms. The molecule has 0 aromatic heterocycles. The number of nitrogens with one attached hydrogen (secondary N) is 2. The molecule has 0 bridgehead atoms. The average molecular weight is 298 g/mol. The van der Waals surface area contributed by atoms with Gasteiger partial charge in [-0.3, -0.25) is 0 Å². The van der Waals surface area contributed by atoms with Crippen molar-refractivity contribution in [1.82, 2.24) is 4.72 Å². The molecular weight excluding hydrogens is 276 g/mol. The first-order valence-corrected chi connectivity index (χ1v) is 8.28. The summed E-state index contributed by atoms with van der Waals surface area (Å²) in [6.07, 6.45) is 1.31. The Labute approximate surface area is 120 Å². The van der Waals surface area contributed by atoms with Gasteiger partial charge in [-0.2, -0.15) is 0 Å². The first-order valence-electron chi connectivity index (χ1n) is 6.79. The van der Waals surface area contributed by atoms with E-state index in [4.69, 9.17) is 0 Å². The topological polar surface area (TPSA) is 78.4 Å². The molecule has 5 nitrogen and oxygen atoms in total. The Kier molecular flexibility index (Phi) is 4.09. The average Bonchev–Trinajstić information content (AvgIpc) is 3.12. The molecule has 1 aromatic carbocycles. The molecule has 1 atom stereocenters. The number of aliphatic hydroxyl groups is 1. The summed E-state index contributed by atoms with van der Waals surface area (Å²) < 4.78 is 26.7. The molecule has 1 aromatic rings. The van der Waals surface area contributed by atoms with Crippen LogP contribution in [0.1, 0.15) is 33.6 Å². The zero-order chi connectivity index (χ0) is 15.0. The third-order valence-corrected chi connectivity index (χ3v) is 5.11. The molecule has 1 saturated carbocycles. The third-order valence-electron chi connectivity index (χ3n) is 3.57. The molecule has 0 aliphatic heterocycles. The summed E-state index contributed by atoms with van der Waals surface area (Å²) in [5.74, 6) is 0. The van der Waals surface area contributed by atoms with Gasteiger partial charge in [0.05, 0.1) is 16.5 Å². The highest BCUT2D eigenvalue weighted by atomic mass is 32.2. The molecule has 2 rings (SSSR count). The molecule has 1 aliphatic carbocycles. The molecule has 1 unspecified atom stereocenters. The van der Waals surface area contributed by atoms with Crippen LogP contribution in [0.3, 0.4) is 0 Å². The molecule has 0 amide bonds. The van der Waals surface area contributed by atoms with Crippen LogP contribution >= 0.6 is 0 Å². The highest BCUT2D eigenvalue weighted by Crippen LogP contribution is 2.24. The second kappa shape index (κ2) is 5.35. The van der Waals surface area contributed by atoms with Gasteiger partial charge in [0.1, 0.15) is 0 Å². The van der Waals surface area contributed by atoms with Gasteiger partial charge < -0.3 is 10.4 Å². The van der Waals surface area contributed by atoms with Crippen molar-refractivity contribution in [3.8, 4) is 0 Å².